The second-order valence-corrected chi connectivity index (χ2v) is 9.32. The van der Waals surface area contributed by atoms with Gasteiger partial charge in [-0.25, -0.2) is 4.79 Å². The lowest BCUT2D eigenvalue weighted by Gasteiger charge is -2.62. The molecular weight excluding hydrogens is 328 g/mol. The molecule has 0 aromatic carbocycles. The van der Waals surface area contributed by atoms with Crippen molar-refractivity contribution < 1.29 is 19.1 Å². The fourth-order valence-electron chi connectivity index (χ4n) is 6.31. The summed E-state index contributed by atoms with van der Waals surface area (Å²) in [4.78, 5) is 24.3. The van der Waals surface area contributed by atoms with E-state index in [1.54, 1.807) is 0 Å². The van der Waals surface area contributed by atoms with Crippen molar-refractivity contribution in [2.24, 2.45) is 35.5 Å². The Hall–Kier alpha value is -1.32. The Kier molecular flexibility index (Phi) is 5.50. The van der Waals surface area contributed by atoms with Gasteiger partial charge in [0.2, 0.25) is 0 Å². The maximum Gasteiger partial charge on any atom is 0.330 e. The fraction of sp³-hybridized carbons (Fsp3) is 0.818. The standard InChI is InChI=1S/C22H34O4/c1-6-20(23)25-15(5)7-14(4)21(24)26-22(13(2)3)18-9-16-8-17(11-18)12-19(22)10-16/h6,13-19H,1,7-12H2,2-5H3. The van der Waals surface area contributed by atoms with Gasteiger partial charge in [-0.1, -0.05) is 27.4 Å². The molecule has 4 fully saturated rings. The Morgan fingerprint density at radius 1 is 1.04 bits per heavy atom. The van der Waals surface area contributed by atoms with Crippen molar-refractivity contribution in [3.05, 3.63) is 12.7 Å². The lowest BCUT2D eigenvalue weighted by atomic mass is 9.47. The zero-order chi connectivity index (χ0) is 19.1. The number of ether oxygens (including phenoxy) is 2. The van der Waals surface area contributed by atoms with Crippen LogP contribution in [-0.2, 0) is 19.1 Å². The van der Waals surface area contributed by atoms with Crippen LogP contribution >= 0.6 is 0 Å². The molecule has 4 rings (SSSR count). The molecule has 0 aromatic heterocycles. The molecule has 0 amide bonds. The van der Waals surface area contributed by atoms with Crippen LogP contribution in [0.25, 0.3) is 0 Å². The molecule has 4 heteroatoms. The zero-order valence-electron chi connectivity index (χ0n) is 16.7. The Morgan fingerprint density at radius 2 is 1.58 bits per heavy atom. The van der Waals surface area contributed by atoms with Gasteiger partial charge in [-0.05, 0) is 75.0 Å². The van der Waals surface area contributed by atoms with E-state index >= 15 is 0 Å². The van der Waals surface area contributed by atoms with Crippen LogP contribution in [0.1, 0.15) is 66.2 Å². The largest absolute Gasteiger partial charge is 0.460 e. The van der Waals surface area contributed by atoms with Gasteiger partial charge in [0, 0.05) is 6.08 Å². The van der Waals surface area contributed by atoms with Crippen LogP contribution in [0.3, 0.4) is 0 Å². The summed E-state index contributed by atoms with van der Waals surface area (Å²) >= 11 is 0. The van der Waals surface area contributed by atoms with E-state index in [-0.39, 0.29) is 23.6 Å². The average molecular weight is 363 g/mol. The maximum absolute atomic E-state index is 13.0. The molecular formula is C22H34O4. The molecule has 0 spiro atoms. The van der Waals surface area contributed by atoms with Crippen LogP contribution < -0.4 is 0 Å². The second-order valence-electron chi connectivity index (χ2n) is 9.32. The minimum Gasteiger partial charge on any atom is -0.460 e. The van der Waals surface area contributed by atoms with Crippen LogP contribution in [0.4, 0.5) is 0 Å². The van der Waals surface area contributed by atoms with Crippen LogP contribution in [0.15, 0.2) is 12.7 Å². The summed E-state index contributed by atoms with van der Waals surface area (Å²) in [5, 5.41) is 0. The molecule has 2 unspecified atom stereocenters. The van der Waals surface area contributed by atoms with Gasteiger partial charge in [0.25, 0.3) is 0 Å². The number of hydrogen-bond donors (Lipinski definition) is 0. The van der Waals surface area contributed by atoms with Gasteiger partial charge in [-0.15, -0.1) is 0 Å². The first kappa shape index (κ1) is 19.4. The molecule has 0 aromatic rings. The summed E-state index contributed by atoms with van der Waals surface area (Å²) in [6.07, 6.45) is 7.59. The molecule has 4 bridgehead atoms. The highest BCUT2D eigenvalue weighted by atomic mass is 16.6. The van der Waals surface area contributed by atoms with Gasteiger partial charge < -0.3 is 9.47 Å². The third kappa shape index (κ3) is 3.44. The normalized spacial score (nSPS) is 37.3. The lowest BCUT2D eigenvalue weighted by Crippen LogP contribution is -2.62. The van der Waals surface area contributed by atoms with Crippen LogP contribution in [0, 0.1) is 35.5 Å². The Bertz CT molecular complexity index is 536. The number of carbonyl (C=O) groups excluding carboxylic acids is 2. The van der Waals surface area contributed by atoms with Crippen molar-refractivity contribution in [1.29, 1.82) is 0 Å². The number of carbonyl (C=O) groups is 2. The summed E-state index contributed by atoms with van der Waals surface area (Å²) in [6, 6.07) is 0. The molecule has 26 heavy (non-hydrogen) atoms. The van der Waals surface area contributed by atoms with E-state index in [9.17, 15) is 9.59 Å². The van der Waals surface area contributed by atoms with Crippen molar-refractivity contribution in [2.75, 3.05) is 0 Å². The minimum atomic E-state index is -0.447. The molecule has 4 nitrogen and oxygen atoms in total. The molecule has 2 atom stereocenters. The van der Waals surface area contributed by atoms with Crippen molar-refractivity contribution in [1.82, 2.24) is 0 Å². The van der Waals surface area contributed by atoms with E-state index in [0.29, 0.717) is 24.2 Å². The molecule has 0 saturated heterocycles. The van der Waals surface area contributed by atoms with E-state index < -0.39 is 5.97 Å². The summed E-state index contributed by atoms with van der Waals surface area (Å²) in [6.45, 7) is 11.5. The zero-order valence-corrected chi connectivity index (χ0v) is 16.7. The highest BCUT2D eigenvalue weighted by Gasteiger charge is 2.60. The number of rotatable bonds is 7. The summed E-state index contributed by atoms with van der Waals surface area (Å²) in [5.41, 5.74) is -0.292. The van der Waals surface area contributed by atoms with Crippen LogP contribution in [-0.4, -0.2) is 23.6 Å². The summed E-state index contributed by atoms with van der Waals surface area (Å²) in [7, 11) is 0. The third-order valence-corrected chi connectivity index (χ3v) is 7.17. The van der Waals surface area contributed by atoms with Gasteiger partial charge in [0.15, 0.2) is 0 Å². The first-order valence-corrected chi connectivity index (χ1v) is 10.3. The van der Waals surface area contributed by atoms with Gasteiger partial charge in [-0.3, -0.25) is 4.79 Å². The fourth-order valence-corrected chi connectivity index (χ4v) is 6.31. The molecule has 4 saturated carbocycles. The van der Waals surface area contributed by atoms with Crippen molar-refractivity contribution in [3.8, 4) is 0 Å². The molecule has 0 radical (unpaired) electrons. The summed E-state index contributed by atoms with van der Waals surface area (Å²) < 4.78 is 11.6. The lowest BCUT2D eigenvalue weighted by molar-refractivity contribution is -0.228. The van der Waals surface area contributed by atoms with E-state index in [4.69, 9.17) is 9.47 Å². The topological polar surface area (TPSA) is 52.6 Å². The van der Waals surface area contributed by atoms with Gasteiger partial charge in [0.05, 0.1) is 5.92 Å². The van der Waals surface area contributed by atoms with E-state index in [2.05, 4.69) is 20.4 Å². The van der Waals surface area contributed by atoms with E-state index in [1.165, 1.54) is 32.1 Å². The SMILES string of the molecule is C=CC(=O)OC(C)CC(C)C(=O)OC1(C(C)C)C2CC3CC(C2)CC1C3. The number of esters is 2. The molecule has 4 aliphatic carbocycles. The predicted molar refractivity (Wildman–Crippen MR) is 100 cm³/mol. The Morgan fingerprint density at radius 3 is 2.04 bits per heavy atom. The van der Waals surface area contributed by atoms with E-state index in [1.807, 2.05) is 13.8 Å². The minimum absolute atomic E-state index is 0.132. The van der Waals surface area contributed by atoms with Crippen molar-refractivity contribution >= 4 is 11.9 Å². The highest BCUT2D eigenvalue weighted by Crippen LogP contribution is 2.61. The van der Waals surface area contributed by atoms with Gasteiger partial charge >= 0.3 is 11.9 Å². The highest BCUT2D eigenvalue weighted by molar-refractivity contribution is 5.81. The quantitative estimate of drug-likeness (QED) is 0.493. The van der Waals surface area contributed by atoms with Crippen LogP contribution in [0.5, 0.6) is 0 Å². The molecule has 0 N–H and O–H groups in total. The smallest absolute Gasteiger partial charge is 0.330 e. The Balaban J connectivity index is 1.68. The average Bonchev–Trinajstić information content (AvgIpc) is 2.56. The van der Waals surface area contributed by atoms with Gasteiger partial charge in [-0.2, -0.15) is 0 Å². The molecule has 0 aliphatic heterocycles. The first-order chi connectivity index (χ1) is 12.3. The molecule has 146 valence electrons. The second kappa shape index (κ2) is 7.36. The van der Waals surface area contributed by atoms with Crippen molar-refractivity contribution in [2.45, 2.75) is 77.9 Å². The first-order valence-electron chi connectivity index (χ1n) is 10.3. The number of hydrogen-bond acceptors (Lipinski definition) is 4. The Labute approximate surface area is 157 Å². The van der Waals surface area contributed by atoms with Gasteiger partial charge in [0.1, 0.15) is 11.7 Å². The monoisotopic (exact) mass is 362 g/mol. The maximum atomic E-state index is 13.0. The molecule has 0 heterocycles. The summed E-state index contributed by atoms with van der Waals surface area (Å²) in [5.74, 6) is 2.21. The third-order valence-electron chi connectivity index (χ3n) is 7.17. The van der Waals surface area contributed by atoms with Crippen LogP contribution in [0.2, 0.25) is 0 Å². The molecule has 4 aliphatic rings. The van der Waals surface area contributed by atoms with E-state index in [0.717, 1.165) is 17.9 Å². The predicted octanol–water partition coefficient (Wildman–Crippen LogP) is 4.52. The van der Waals surface area contributed by atoms with Crippen molar-refractivity contribution in [3.63, 3.8) is 0 Å².